The summed E-state index contributed by atoms with van der Waals surface area (Å²) in [6.07, 6.45) is 1.16. The number of nitro groups is 2. The average Bonchev–Trinajstić information content (AvgIpc) is 3.12. The monoisotopic (exact) mass is 494 g/mol. The topological polar surface area (TPSA) is 145 Å². The lowest BCUT2D eigenvalue weighted by Crippen LogP contribution is -2.35. The second kappa shape index (κ2) is 9.61. The first kappa shape index (κ1) is 23.4. The summed E-state index contributed by atoms with van der Waals surface area (Å²) in [5.41, 5.74) is 2.31. The number of carbonyl (C=O) groups excluding carboxylic acids is 2. The van der Waals surface area contributed by atoms with Crippen molar-refractivity contribution >= 4 is 46.6 Å². The standard InChI is InChI=1S/C23H15ClN4O7/c24-16-10-15(11-19-22(29)25-26(23(19)30)17-6-2-1-3-7-17)21(20(12-16)28(33)34)35-13-14-5-4-8-18(9-14)27(31)32/h1-12H,13H2,(H,25,29). The highest BCUT2D eigenvalue weighted by atomic mass is 35.5. The zero-order chi connectivity index (χ0) is 25.1. The number of nitrogens with one attached hydrogen (secondary N) is 1. The fourth-order valence-corrected chi connectivity index (χ4v) is 3.61. The van der Waals surface area contributed by atoms with Crippen molar-refractivity contribution in [1.82, 2.24) is 5.43 Å². The van der Waals surface area contributed by atoms with Gasteiger partial charge in [-0.05, 0) is 29.8 Å². The van der Waals surface area contributed by atoms with Crippen LogP contribution in [0.5, 0.6) is 5.75 Å². The van der Waals surface area contributed by atoms with Crippen LogP contribution >= 0.6 is 11.6 Å². The van der Waals surface area contributed by atoms with Crippen LogP contribution in [0.3, 0.4) is 0 Å². The molecular weight excluding hydrogens is 480 g/mol. The van der Waals surface area contributed by atoms with Gasteiger partial charge in [-0.25, -0.2) is 5.01 Å². The number of ether oxygens (including phenoxy) is 1. The van der Waals surface area contributed by atoms with Crippen LogP contribution in [0.1, 0.15) is 11.1 Å². The molecule has 12 heteroatoms. The number of hydrazine groups is 1. The Kier molecular flexibility index (Phi) is 6.42. The van der Waals surface area contributed by atoms with E-state index >= 15 is 0 Å². The molecular formula is C23H15ClN4O7. The second-order valence-electron chi connectivity index (χ2n) is 7.29. The van der Waals surface area contributed by atoms with Gasteiger partial charge >= 0.3 is 5.69 Å². The number of nitrogens with zero attached hydrogens (tertiary/aromatic N) is 3. The number of para-hydroxylation sites is 1. The van der Waals surface area contributed by atoms with E-state index in [9.17, 15) is 29.8 Å². The number of hydrogen-bond donors (Lipinski definition) is 1. The Bertz CT molecular complexity index is 1390. The third kappa shape index (κ3) is 4.94. The van der Waals surface area contributed by atoms with Gasteiger partial charge < -0.3 is 4.74 Å². The maximum atomic E-state index is 12.9. The number of anilines is 1. The molecule has 0 unspecified atom stereocenters. The smallest absolute Gasteiger partial charge is 0.313 e. The molecule has 0 aliphatic carbocycles. The fraction of sp³-hybridized carbons (Fsp3) is 0.0435. The minimum Gasteiger partial charge on any atom is -0.482 e. The van der Waals surface area contributed by atoms with Gasteiger partial charge in [0.2, 0.25) is 5.75 Å². The number of benzene rings is 3. The van der Waals surface area contributed by atoms with Gasteiger partial charge in [0.1, 0.15) is 12.2 Å². The molecule has 0 atom stereocenters. The van der Waals surface area contributed by atoms with Gasteiger partial charge in [0.15, 0.2) is 0 Å². The summed E-state index contributed by atoms with van der Waals surface area (Å²) >= 11 is 6.06. The van der Waals surface area contributed by atoms with Crippen LogP contribution in [-0.2, 0) is 16.2 Å². The maximum absolute atomic E-state index is 12.9. The molecule has 1 heterocycles. The molecule has 0 saturated carbocycles. The highest BCUT2D eigenvalue weighted by Crippen LogP contribution is 2.37. The summed E-state index contributed by atoms with van der Waals surface area (Å²) in [5, 5.41) is 23.7. The van der Waals surface area contributed by atoms with Crippen molar-refractivity contribution in [3.8, 4) is 5.75 Å². The zero-order valence-corrected chi connectivity index (χ0v) is 18.5. The second-order valence-corrected chi connectivity index (χ2v) is 7.73. The van der Waals surface area contributed by atoms with E-state index in [1.54, 1.807) is 36.4 Å². The summed E-state index contributed by atoms with van der Waals surface area (Å²) in [5.74, 6) is -1.64. The SMILES string of the molecule is O=C1NN(c2ccccc2)C(=O)C1=Cc1cc(Cl)cc([N+](=O)[O-])c1OCc1cccc([N+](=O)[O-])c1. The van der Waals surface area contributed by atoms with E-state index < -0.39 is 27.3 Å². The van der Waals surface area contributed by atoms with Crippen LogP contribution in [0.15, 0.2) is 72.3 Å². The Labute approximate surface area is 202 Å². The average molecular weight is 495 g/mol. The Morgan fingerprint density at radius 1 is 0.971 bits per heavy atom. The maximum Gasteiger partial charge on any atom is 0.313 e. The van der Waals surface area contributed by atoms with Gasteiger partial charge in [-0.1, -0.05) is 41.9 Å². The number of non-ortho nitro benzene ring substituents is 1. The molecule has 4 rings (SSSR count). The molecule has 1 fully saturated rings. The van der Waals surface area contributed by atoms with Crippen molar-refractivity contribution in [1.29, 1.82) is 0 Å². The highest BCUT2D eigenvalue weighted by molar-refractivity contribution is 6.32. The zero-order valence-electron chi connectivity index (χ0n) is 17.7. The van der Waals surface area contributed by atoms with Crippen LogP contribution in [-0.4, -0.2) is 21.7 Å². The van der Waals surface area contributed by atoms with Gasteiger partial charge in [-0.15, -0.1) is 0 Å². The van der Waals surface area contributed by atoms with Crippen molar-refractivity contribution < 1.29 is 24.2 Å². The number of amides is 2. The van der Waals surface area contributed by atoms with Crippen LogP contribution < -0.4 is 15.2 Å². The predicted octanol–water partition coefficient (Wildman–Crippen LogP) is 4.20. The molecule has 35 heavy (non-hydrogen) atoms. The minimum absolute atomic E-state index is 0.0166. The van der Waals surface area contributed by atoms with Crippen molar-refractivity contribution in [2.45, 2.75) is 6.61 Å². The van der Waals surface area contributed by atoms with Gasteiger partial charge in [0, 0.05) is 28.8 Å². The van der Waals surface area contributed by atoms with E-state index in [4.69, 9.17) is 16.3 Å². The predicted molar refractivity (Wildman–Crippen MR) is 126 cm³/mol. The summed E-state index contributed by atoms with van der Waals surface area (Å²) < 4.78 is 5.67. The molecule has 2 amide bonds. The Morgan fingerprint density at radius 3 is 2.40 bits per heavy atom. The lowest BCUT2D eigenvalue weighted by atomic mass is 10.1. The van der Waals surface area contributed by atoms with Crippen LogP contribution in [0.2, 0.25) is 5.02 Å². The molecule has 0 aromatic heterocycles. The molecule has 0 spiro atoms. The summed E-state index contributed by atoms with van der Waals surface area (Å²) in [6.45, 7) is -0.253. The molecule has 0 radical (unpaired) electrons. The number of rotatable bonds is 7. The van der Waals surface area contributed by atoms with Crippen LogP contribution in [0.4, 0.5) is 17.1 Å². The Hall–Kier alpha value is -4.77. The first-order chi connectivity index (χ1) is 16.7. The van der Waals surface area contributed by atoms with E-state index in [1.807, 2.05) is 0 Å². The third-order valence-electron chi connectivity index (χ3n) is 4.97. The van der Waals surface area contributed by atoms with Crippen LogP contribution in [0.25, 0.3) is 6.08 Å². The minimum atomic E-state index is -0.719. The van der Waals surface area contributed by atoms with Gasteiger partial charge in [0.25, 0.3) is 17.5 Å². The van der Waals surface area contributed by atoms with Crippen molar-refractivity contribution in [2.75, 3.05) is 5.01 Å². The van der Waals surface area contributed by atoms with E-state index in [2.05, 4.69) is 5.43 Å². The summed E-state index contributed by atoms with van der Waals surface area (Å²) in [6, 6.07) is 16.3. The molecule has 1 aliphatic rings. The molecule has 11 nitrogen and oxygen atoms in total. The van der Waals surface area contributed by atoms with E-state index in [1.165, 1.54) is 24.3 Å². The molecule has 0 bridgehead atoms. The fourth-order valence-electron chi connectivity index (χ4n) is 3.39. The molecule has 1 N–H and O–H groups in total. The van der Waals surface area contributed by atoms with Crippen molar-refractivity contribution in [2.24, 2.45) is 0 Å². The highest BCUT2D eigenvalue weighted by Gasteiger charge is 2.35. The number of carbonyl (C=O) groups is 2. The number of nitro benzene ring substituents is 2. The van der Waals surface area contributed by atoms with E-state index in [0.717, 1.165) is 17.2 Å². The molecule has 1 saturated heterocycles. The Balaban J connectivity index is 1.72. The van der Waals surface area contributed by atoms with E-state index in [-0.39, 0.29) is 34.2 Å². The normalized spacial score (nSPS) is 14.2. The number of hydrogen-bond acceptors (Lipinski definition) is 7. The quantitative estimate of drug-likeness (QED) is 0.224. The summed E-state index contributed by atoms with van der Waals surface area (Å²) in [7, 11) is 0. The van der Waals surface area contributed by atoms with Gasteiger partial charge in [-0.3, -0.25) is 35.2 Å². The third-order valence-corrected chi connectivity index (χ3v) is 5.19. The largest absolute Gasteiger partial charge is 0.482 e. The van der Waals surface area contributed by atoms with Gasteiger partial charge in [0.05, 0.1) is 15.5 Å². The first-order valence-corrected chi connectivity index (χ1v) is 10.4. The summed E-state index contributed by atoms with van der Waals surface area (Å²) in [4.78, 5) is 46.9. The van der Waals surface area contributed by atoms with Crippen molar-refractivity contribution in [3.63, 3.8) is 0 Å². The molecule has 3 aromatic carbocycles. The van der Waals surface area contributed by atoms with Crippen LogP contribution in [0, 0.1) is 20.2 Å². The number of halogens is 1. The molecule has 1 aliphatic heterocycles. The molecule has 3 aromatic rings. The lowest BCUT2D eigenvalue weighted by molar-refractivity contribution is -0.386. The van der Waals surface area contributed by atoms with Crippen molar-refractivity contribution in [3.05, 3.63) is 109 Å². The first-order valence-electron chi connectivity index (χ1n) is 10.0. The lowest BCUT2D eigenvalue weighted by Gasteiger charge is -2.14. The van der Waals surface area contributed by atoms with E-state index in [0.29, 0.717) is 11.3 Å². The molecule has 176 valence electrons. The van der Waals surface area contributed by atoms with Gasteiger partial charge in [-0.2, -0.15) is 0 Å². The Morgan fingerprint density at radius 2 is 1.71 bits per heavy atom.